The van der Waals surface area contributed by atoms with Gasteiger partial charge in [-0.1, -0.05) is 68.2 Å². The molecular formula is C21H25NO4Si. The van der Waals surface area contributed by atoms with Gasteiger partial charge in [-0.2, -0.15) is 0 Å². The van der Waals surface area contributed by atoms with Crippen molar-refractivity contribution < 1.29 is 19.4 Å². The number of carbonyl (C=O) groups excluding carboxylic acids is 1. The smallest absolute Gasteiger partial charge is 0.407 e. The van der Waals surface area contributed by atoms with Crippen LogP contribution in [0, 0.1) is 0 Å². The monoisotopic (exact) mass is 383 g/mol. The van der Waals surface area contributed by atoms with Crippen LogP contribution in [0.2, 0.25) is 25.7 Å². The van der Waals surface area contributed by atoms with E-state index in [0.29, 0.717) is 6.04 Å². The quantitative estimate of drug-likeness (QED) is 0.729. The Bertz CT molecular complexity index is 814. The molecule has 6 heteroatoms. The molecule has 3 rings (SSSR count). The molecule has 1 aliphatic rings. The van der Waals surface area contributed by atoms with E-state index < -0.39 is 26.2 Å². The summed E-state index contributed by atoms with van der Waals surface area (Å²) in [5, 5.41) is 11.9. The van der Waals surface area contributed by atoms with Crippen molar-refractivity contribution in [3.63, 3.8) is 0 Å². The molecule has 0 saturated carbocycles. The fourth-order valence-electron chi connectivity index (χ4n) is 3.59. The van der Waals surface area contributed by atoms with E-state index in [9.17, 15) is 14.7 Å². The lowest BCUT2D eigenvalue weighted by molar-refractivity contribution is -0.138. The molecule has 2 aromatic rings. The molecule has 0 radical (unpaired) electrons. The van der Waals surface area contributed by atoms with Crippen molar-refractivity contribution in [2.24, 2.45) is 0 Å². The predicted octanol–water partition coefficient (Wildman–Crippen LogP) is 4.32. The number of hydrogen-bond donors (Lipinski definition) is 2. The summed E-state index contributed by atoms with van der Waals surface area (Å²) in [6.45, 7) is 6.40. The number of nitrogens with one attached hydrogen (secondary N) is 1. The van der Waals surface area contributed by atoms with E-state index in [1.54, 1.807) is 0 Å². The number of alkyl carbamates (subject to hydrolysis) is 1. The third kappa shape index (κ3) is 4.39. The molecule has 2 aromatic carbocycles. The highest BCUT2D eigenvalue weighted by atomic mass is 28.3. The molecule has 0 spiro atoms. The van der Waals surface area contributed by atoms with E-state index in [1.165, 1.54) is 0 Å². The van der Waals surface area contributed by atoms with Gasteiger partial charge in [0, 0.05) is 14.0 Å². The zero-order valence-corrected chi connectivity index (χ0v) is 16.9. The average molecular weight is 384 g/mol. The van der Waals surface area contributed by atoms with Crippen LogP contribution in [0.5, 0.6) is 0 Å². The molecule has 0 aliphatic heterocycles. The lowest BCUT2D eigenvalue weighted by Gasteiger charge is -2.22. The summed E-state index contributed by atoms with van der Waals surface area (Å²) >= 11 is 0. The minimum Gasteiger partial charge on any atom is -0.480 e. The van der Waals surface area contributed by atoms with E-state index in [-0.39, 0.29) is 12.5 Å². The Labute approximate surface area is 160 Å². The zero-order chi connectivity index (χ0) is 19.6. The average Bonchev–Trinajstić information content (AvgIpc) is 2.92. The van der Waals surface area contributed by atoms with Gasteiger partial charge in [-0.25, -0.2) is 4.79 Å². The molecule has 2 N–H and O–H groups in total. The SMILES string of the molecule is C[Si](C)(C)C[C@H](NC(=O)OCC1c2ccccc2-c2ccccc21)C(=O)O. The summed E-state index contributed by atoms with van der Waals surface area (Å²) in [6, 6.07) is 15.8. The van der Waals surface area contributed by atoms with Gasteiger partial charge in [0.1, 0.15) is 12.6 Å². The third-order valence-corrected chi connectivity index (χ3v) is 6.38. The highest BCUT2D eigenvalue weighted by Gasteiger charge is 2.31. The number of aliphatic carboxylic acids is 1. The number of carboxylic acid groups (broad SMARTS) is 1. The Hall–Kier alpha value is -2.60. The molecule has 0 fully saturated rings. The van der Waals surface area contributed by atoms with Crippen LogP contribution >= 0.6 is 0 Å². The number of benzene rings is 2. The van der Waals surface area contributed by atoms with Crippen LogP contribution in [0.4, 0.5) is 4.79 Å². The summed E-state index contributed by atoms with van der Waals surface area (Å²) in [7, 11) is -1.64. The maximum absolute atomic E-state index is 12.2. The number of amides is 1. The normalized spacial score (nSPS) is 14.2. The van der Waals surface area contributed by atoms with Gasteiger partial charge in [0.2, 0.25) is 0 Å². The second kappa shape index (κ2) is 7.56. The summed E-state index contributed by atoms with van der Waals surface area (Å²) in [4.78, 5) is 23.7. The van der Waals surface area contributed by atoms with Crippen LogP contribution < -0.4 is 5.32 Å². The first-order valence-electron chi connectivity index (χ1n) is 9.10. The summed E-state index contributed by atoms with van der Waals surface area (Å²) < 4.78 is 5.44. The van der Waals surface area contributed by atoms with Crippen LogP contribution in [0.15, 0.2) is 48.5 Å². The number of carboxylic acids is 1. The van der Waals surface area contributed by atoms with Gasteiger partial charge >= 0.3 is 12.1 Å². The van der Waals surface area contributed by atoms with Crippen molar-refractivity contribution >= 4 is 20.1 Å². The maximum atomic E-state index is 12.2. The van der Waals surface area contributed by atoms with Gasteiger partial charge < -0.3 is 15.2 Å². The summed E-state index contributed by atoms with van der Waals surface area (Å²) in [5.74, 6) is -1.06. The van der Waals surface area contributed by atoms with Gasteiger partial charge in [-0.15, -0.1) is 0 Å². The van der Waals surface area contributed by atoms with Crippen LogP contribution in [-0.4, -0.2) is 37.9 Å². The van der Waals surface area contributed by atoms with Gasteiger partial charge in [0.05, 0.1) is 0 Å². The van der Waals surface area contributed by atoms with Gasteiger partial charge in [-0.05, 0) is 28.3 Å². The second-order valence-corrected chi connectivity index (χ2v) is 13.7. The van der Waals surface area contributed by atoms with Crippen molar-refractivity contribution in [1.29, 1.82) is 0 Å². The molecular weight excluding hydrogens is 358 g/mol. The molecule has 0 heterocycles. The first-order chi connectivity index (χ1) is 12.8. The number of rotatable bonds is 6. The Morgan fingerprint density at radius 1 is 1.04 bits per heavy atom. The molecule has 5 nitrogen and oxygen atoms in total. The highest BCUT2D eigenvalue weighted by Crippen LogP contribution is 2.44. The van der Waals surface area contributed by atoms with Crippen LogP contribution in [0.3, 0.4) is 0 Å². The minimum atomic E-state index is -1.64. The highest BCUT2D eigenvalue weighted by molar-refractivity contribution is 6.76. The van der Waals surface area contributed by atoms with Crippen LogP contribution in [0.1, 0.15) is 17.0 Å². The second-order valence-electron chi connectivity index (χ2n) is 8.13. The fraction of sp³-hybridized carbons (Fsp3) is 0.333. The van der Waals surface area contributed by atoms with Crippen LogP contribution in [0.25, 0.3) is 11.1 Å². The van der Waals surface area contributed by atoms with Gasteiger partial charge in [0.25, 0.3) is 0 Å². The van der Waals surface area contributed by atoms with Crippen molar-refractivity contribution in [2.75, 3.05) is 6.61 Å². The molecule has 1 atom stereocenters. The molecule has 142 valence electrons. The number of fused-ring (bicyclic) bond motifs is 3. The largest absolute Gasteiger partial charge is 0.480 e. The van der Waals surface area contributed by atoms with E-state index in [0.717, 1.165) is 22.3 Å². The van der Waals surface area contributed by atoms with Crippen LogP contribution in [-0.2, 0) is 9.53 Å². The Morgan fingerprint density at radius 2 is 1.56 bits per heavy atom. The molecule has 1 amide bonds. The lowest BCUT2D eigenvalue weighted by Crippen LogP contribution is -2.45. The van der Waals surface area contributed by atoms with E-state index >= 15 is 0 Å². The Kier molecular flexibility index (Phi) is 5.37. The maximum Gasteiger partial charge on any atom is 0.407 e. The first-order valence-corrected chi connectivity index (χ1v) is 12.8. The van der Waals surface area contributed by atoms with Gasteiger partial charge in [0.15, 0.2) is 0 Å². The number of ether oxygens (including phenoxy) is 1. The topological polar surface area (TPSA) is 75.6 Å². The summed E-state index contributed by atoms with van der Waals surface area (Å²) in [5.41, 5.74) is 4.57. The first kappa shape index (κ1) is 19.2. The minimum absolute atomic E-state index is 0.0385. The van der Waals surface area contributed by atoms with Crippen molar-refractivity contribution in [2.45, 2.75) is 37.6 Å². The number of hydrogen-bond acceptors (Lipinski definition) is 3. The predicted molar refractivity (Wildman–Crippen MR) is 108 cm³/mol. The lowest BCUT2D eigenvalue weighted by atomic mass is 9.98. The third-order valence-electron chi connectivity index (χ3n) is 4.75. The van der Waals surface area contributed by atoms with E-state index in [1.807, 2.05) is 36.4 Å². The zero-order valence-electron chi connectivity index (χ0n) is 15.9. The standard InChI is InChI=1S/C21H25NO4Si/c1-27(2,3)13-19(20(23)24)22-21(25)26-12-18-16-10-6-4-8-14(16)15-9-5-7-11-17(15)18/h4-11,18-19H,12-13H2,1-3H3,(H,22,25)(H,23,24)/t19-/m0/s1. The molecule has 0 bridgehead atoms. The Morgan fingerprint density at radius 3 is 2.04 bits per heavy atom. The molecule has 0 saturated heterocycles. The summed E-state index contributed by atoms with van der Waals surface area (Å²) in [6.07, 6.45) is -0.678. The molecule has 0 unspecified atom stereocenters. The fourth-order valence-corrected chi connectivity index (χ4v) is 5.10. The molecule has 27 heavy (non-hydrogen) atoms. The van der Waals surface area contributed by atoms with Gasteiger partial charge in [-0.3, -0.25) is 4.79 Å². The van der Waals surface area contributed by atoms with E-state index in [2.05, 4.69) is 37.1 Å². The Balaban J connectivity index is 1.69. The van der Waals surface area contributed by atoms with E-state index in [4.69, 9.17) is 4.74 Å². The number of carbonyl (C=O) groups is 2. The van der Waals surface area contributed by atoms with Crippen molar-refractivity contribution in [3.8, 4) is 11.1 Å². The van der Waals surface area contributed by atoms with Crippen molar-refractivity contribution in [1.82, 2.24) is 5.32 Å². The molecule has 0 aromatic heterocycles. The molecule has 1 aliphatic carbocycles. The van der Waals surface area contributed by atoms with Crippen molar-refractivity contribution in [3.05, 3.63) is 59.7 Å².